The average molecular weight is 232 g/mol. The summed E-state index contributed by atoms with van der Waals surface area (Å²) in [6, 6.07) is 0. The van der Waals surface area contributed by atoms with Crippen LogP contribution in [0.4, 0.5) is 13.2 Å². The van der Waals surface area contributed by atoms with Crippen LogP contribution in [0.15, 0.2) is 6.20 Å². The number of hydrogen-bond acceptors (Lipinski definition) is 3. The molecule has 16 heavy (non-hydrogen) atoms. The normalized spacial score (nSPS) is 19.6. The van der Waals surface area contributed by atoms with E-state index in [1.54, 1.807) is 0 Å². The molecule has 86 valence electrons. The molecule has 0 saturated carbocycles. The van der Waals surface area contributed by atoms with Gasteiger partial charge in [0.1, 0.15) is 0 Å². The predicted molar refractivity (Wildman–Crippen MR) is 45.7 cm³/mol. The summed E-state index contributed by atoms with van der Waals surface area (Å²) in [5.41, 5.74) is 0.482. The third-order valence-electron chi connectivity index (χ3n) is 2.48. The van der Waals surface area contributed by atoms with Gasteiger partial charge in [0.05, 0.1) is 11.6 Å². The molecule has 0 amide bonds. The van der Waals surface area contributed by atoms with E-state index in [0.717, 1.165) is 6.20 Å². The first-order valence-corrected chi connectivity index (χ1v) is 4.55. The monoisotopic (exact) mass is 232 g/mol. The topological polar surface area (TPSA) is 63.1 Å². The third-order valence-corrected chi connectivity index (χ3v) is 2.48. The molecule has 0 radical (unpaired) electrons. The summed E-state index contributed by atoms with van der Waals surface area (Å²) >= 11 is 0. The molecule has 1 aromatic heterocycles. The summed E-state index contributed by atoms with van der Waals surface area (Å²) in [5, 5.41) is 8.81. The van der Waals surface area contributed by atoms with Gasteiger partial charge in [-0.15, -0.1) is 0 Å². The van der Waals surface area contributed by atoms with E-state index >= 15 is 0 Å². The Hall–Kier alpha value is -1.66. The molecule has 1 aliphatic carbocycles. The summed E-state index contributed by atoms with van der Waals surface area (Å²) in [6.45, 7) is 0. The number of aliphatic carboxylic acids is 1. The lowest BCUT2D eigenvalue weighted by molar-refractivity contribution is -0.145. The first kappa shape index (κ1) is 10.8. The molecule has 4 nitrogen and oxygen atoms in total. The minimum Gasteiger partial charge on any atom is -0.481 e. The van der Waals surface area contributed by atoms with Gasteiger partial charge >= 0.3 is 12.1 Å². The molecule has 0 bridgehead atoms. The van der Waals surface area contributed by atoms with Crippen LogP contribution in [0.2, 0.25) is 0 Å². The van der Waals surface area contributed by atoms with E-state index in [-0.39, 0.29) is 12.1 Å². The molecule has 7 heteroatoms. The Bertz CT molecular complexity index is 445. The van der Waals surface area contributed by atoms with Gasteiger partial charge in [0.2, 0.25) is 5.82 Å². The molecular weight excluding hydrogens is 225 g/mol. The highest BCUT2D eigenvalue weighted by atomic mass is 19.4. The molecular formula is C9H7F3N2O2. The number of alkyl halides is 3. The van der Waals surface area contributed by atoms with Crippen molar-refractivity contribution in [2.75, 3.05) is 0 Å². The highest BCUT2D eigenvalue weighted by Gasteiger charge is 2.38. The second kappa shape index (κ2) is 3.43. The summed E-state index contributed by atoms with van der Waals surface area (Å²) in [4.78, 5) is 17.3. The molecule has 0 aliphatic heterocycles. The minimum atomic E-state index is -4.64. The largest absolute Gasteiger partial charge is 0.481 e. The van der Waals surface area contributed by atoms with Crippen molar-refractivity contribution >= 4 is 5.97 Å². The van der Waals surface area contributed by atoms with Gasteiger partial charge in [-0.3, -0.25) is 4.79 Å². The van der Waals surface area contributed by atoms with Crippen molar-refractivity contribution in [3.63, 3.8) is 0 Å². The van der Waals surface area contributed by atoms with Gasteiger partial charge in [-0.05, 0) is 18.4 Å². The quantitative estimate of drug-likeness (QED) is 0.798. The van der Waals surface area contributed by atoms with Gasteiger partial charge in [-0.25, -0.2) is 9.97 Å². The molecule has 0 aromatic carbocycles. The number of carboxylic acids is 1. The molecule has 0 saturated heterocycles. The van der Waals surface area contributed by atoms with E-state index in [1.807, 2.05) is 0 Å². The van der Waals surface area contributed by atoms with E-state index < -0.39 is 23.9 Å². The second-order valence-corrected chi connectivity index (χ2v) is 3.53. The zero-order chi connectivity index (χ0) is 11.9. The van der Waals surface area contributed by atoms with Crippen molar-refractivity contribution in [3.8, 4) is 0 Å². The SMILES string of the molecule is O=C(O)C1CCc2cnc(C(F)(F)F)nc21. The van der Waals surface area contributed by atoms with Crippen LogP contribution in [0.5, 0.6) is 0 Å². The van der Waals surface area contributed by atoms with E-state index in [4.69, 9.17) is 5.11 Å². The van der Waals surface area contributed by atoms with Crippen molar-refractivity contribution in [1.82, 2.24) is 9.97 Å². The number of fused-ring (bicyclic) bond motifs is 1. The van der Waals surface area contributed by atoms with Crippen LogP contribution in [0.25, 0.3) is 0 Å². The van der Waals surface area contributed by atoms with Crippen LogP contribution >= 0.6 is 0 Å². The lowest BCUT2D eigenvalue weighted by Gasteiger charge is -2.08. The average Bonchev–Trinajstić information content (AvgIpc) is 2.58. The van der Waals surface area contributed by atoms with Crippen molar-refractivity contribution in [2.45, 2.75) is 24.9 Å². The molecule has 1 heterocycles. The molecule has 0 spiro atoms. The number of rotatable bonds is 1. The number of hydrogen-bond donors (Lipinski definition) is 1. The zero-order valence-corrected chi connectivity index (χ0v) is 7.95. The first-order chi connectivity index (χ1) is 7.39. The maximum atomic E-state index is 12.3. The summed E-state index contributed by atoms with van der Waals surface area (Å²) < 4.78 is 36.9. The van der Waals surface area contributed by atoms with Gasteiger partial charge in [-0.2, -0.15) is 13.2 Å². The van der Waals surface area contributed by atoms with Gasteiger partial charge in [-0.1, -0.05) is 0 Å². The van der Waals surface area contributed by atoms with E-state index in [0.29, 0.717) is 12.0 Å². The standard InChI is InChI=1S/C9H7F3N2O2/c10-9(11,12)8-13-3-4-1-2-5(7(15)16)6(4)14-8/h3,5H,1-2H2,(H,15,16). The minimum absolute atomic E-state index is 0.00479. The molecule has 1 aliphatic rings. The van der Waals surface area contributed by atoms with E-state index in [9.17, 15) is 18.0 Å². The Kier molecular flexibility index (Phi) is 2.32. The Labute approximate surface area is 88.1 Å². The Balaban J connectivity index is 2.45. The Morgan fingerprint density at radius 2 is 2.19 bits per heavy atom. The van der Waals surface area contributed by atoms with E-state index in [2.05, 4.69) is 9.97 Å². The summed E-state index contributed by atoms with van der Waals surface area (Å²) in [5.74, 6) is -3.37. The van der Waals surface area contributed by atoms with Gasteiger partial charge in [0.25, 0.3) is 0 Å². The van der Waals surface area contributed by atoms with Crippen molar-refractivity contribution in [2.24, 2.45) is 0 Å². The van der Waals surface area contributed by atoms with Gasteiger partial charge in [0, 0.05) is 6.20 Å². The van der Waals surface area contributed by atoms with Crippen molar-refractivity contribution in [1.29, 1.82) is 0 Å². The summed E-state index contributed by atoms with van der Waals surface area (Å²) in [6.07, 6.45) is -2.89. The van der Waals surface area contributed by atoms with Crippen molar-refractivity contribution in [3.05, 3.63) is 23.3 Å². The van der Waals surface area contributed by atoms with Crippen LogP contribution < -0.4 is 0 Å². The fourth-order valence-electron chi connectivity index (χ4n) is 1.73. The van der Waals surface area contributed by atoms with Crippen molar-refractivity contribution < 1.29 is 23.1 Å². The predicted octanol–water partition coefficient (Wildman–Crippen LogP) is 1.61. The van der Waals surface area contributed by atoms with Gasteiger partial charge < -0.3 is 5.11 Å². The highest BCUT2D eigenvalue weighted by molar-refractivity contribution is 5.76. The Morgan fingerprint density at radius 3 is 2.75 bits per heavy atom. The highest BCUT2D eigenvalue weighted by Crippen LogP contribution is 2.34. The molecule has 2 rings (SSSR count). The second-order valence-electron chi connectivity index (χ2n) is 3.53. The maximum absolute atomic E-state index is 12.3. The lowest BCUT2D eigenvalue weighted by Crippen LogP contribution is -2.15. The number of carbonyl (C=O) groups is 1. The first-order valence-electron chi connectivity index (χ1n) is 4.55. The number of halogens is 3. The molecule has 1 unspecified atom stereocenters. The maximum Gasteiger partial charge on any atom is 0.451 e. The van der Waals surface area contributed by atoms with Crippen LogP contribution in [0, 0.1) is 0 Å². The molecule has 1 aromatic rings. The van der Waals surface area contributed by atoms with Crippen LogP contribution in [-0.2, 0) is 17.4 Å². The fraction of sp³-hybridized carbons (Fsp3) is 0.444. The smallest absolute Gasteiger partial charge is 0.451 e. The fourth-order valence-corrected chi connectivity index (χ4v) is 1.73. The number of aryl methyl sites for hydroxylation is 1. The zero-order valence-electron chi connectivity index (χ0n) is 7.95. The van der Waals surface area contributed by atoms with Crippen LogP contribution in [0.1, 0.15) is 29.4 Å². The van der Waals surface area contributed by atoms with E-state index in [1.165, 1.54) is 0 Å². The molecule has 0 fully saturated rings. The van der Waals surface area contributed by atoms with Gasteiger partial charge in [0.15, 0.2) is 0 Å². The number of nitrogens with zero attached hydrogens (tertiary/aromatic N) is 2. The summed E-state index contributed by atoms with van der Waals surface area (Å²) in [7, 11) is 0. The number of aromatic nitrogens is 2. The van der Waals surface area contributed by atoms with Crippen LogP contribution in [-0.4, -0.2) is 21.0 Å². The van der Waals surface area contributed by atoms with Crippen LogP contribution in [0.3, 0.4) is 0 Å². The Morgan fingerprint density at radius 1 is 1.50 bits per heavy atom. The third kappa shape index (κ3) is 1.72. The molecule has 1 atom stereocenters. The molecule has 1 N–H and O–H groups in total. The number of carboxylic acid groups (broad SMARTS) is 1. The lowest BCUT2D eigenvalue weighted by atomic mass is 10.1.